The van der Waals surface area contributed by atoms with Gasteiger partial charge in [0, 0.05) is 12.8 Å². The minimum Gasteiger partial charge on any atom is -0.375 e. The Labute approximate surface area is 122 Å². The first-order valence-electron chi connectivity index (χ1n) is 7.96. The van der Waals surface area contributed by atoms with E-state index in [1.807, 2.05) is 6.20 Å². The molecule has 1 aliphatic heterocycles. The lowest BCUT2D eigenvalue weighted by Gasteiger charge is -2.41. The van der Waals surface area contributed by atoms with Crippen LogP contribution in [-0.2, 0) is 4.74 Å². The first kappa shape index (κ1) is 14.0. The number of aryl methyl sites for hydroxylation is 1. The van der Waals surface area contributed by atoms with E-state index < -0.39 is 0 Å². The monoisotopic (exact) mass is 274 g/mol. The number of pyridine rings is 1. The van der Waals surface area contributed by atoms with Crippen LogP contribution in [0.15, 0.2) is 18.3 Å². The molecule has 1 saturated heterocycles. The van der Waals surface area contributed by atoms with E-state index in [4.69, 9.17) is 4.74 Å². The standard InChI is InChI=1S/C17H26N2O/c1-13-5-9-19-15(11-13)16(18-2)14-6-10-20-17(12-14)7-3-4-8-17/h5,9,11,14,16,18H,3-4,6-8,10,12H2,1-2H3. The zero-order chi connectivity index (χ0) is 14.0. The van der Waals surface area contributed by atoms with Gasteiger partial charge in [-0.25, -0.2) is 0 Å². The summed E-state index contributed by atoms with van der Waals surface area (Å²) in [6, 6.07) is 4.65. The van der Waals surface area contributed by atoms with Crippen LogP contribution in [0.1, 0.15) is 55.8 Å². The molecule has 0 aromatic carbocycles. The first-order chi connectivity index (χ1) is 9.72. The van der Waals surface area contributed by atoms with Crippen LogP contribution in [0.3, 0.4) is 0 Å². The average Bonchev–Trinajstić information content (AvgIpc) is 2.88. The van der Waals surface area contributed by atoms with Crippen molar-refractivity contribution in [2.75, 3.05) is 13.7 Å². The van der Waals surface area contributed by atoms with Gasteiger partial charge >= 0.3 is 0 Å². The highest BCUT2D eigenvalue weighted by Gasteiger charge is 2.42. The zero-order valence-corrected chi connectivity index (χ0v) is 12.7. The Bertz CT molecular complexity index is 454. The second kappa shape index (κ2) is 5.82. The van der Waals surface area contributed by atoms with Gasteiger partial charge in [-0.05, 0) is 63.3 Å². The smallest absolute Gasteiger partial charge is 0.0686 e. The van der Waals surface area contributed by atoms with Crippen molar-refractivity contribution in [2.45, 2.75) is 57.1 Å². The van der Waals surface area contributed by atoms with Gasteiger partial charge in [-0.3, -0.25) is 4.98 Å². The highest BCUT2D eigenvalue weighted by molar-refractivity contribution is 5.18. The summed E-state index contributed by atoms with van der Waals surface area (Å²) < 4.78 is 6.16. The van der Waals surface area contributed by atoms with Gasteiger partial charge in [0.05, 0.1) is 17.3 Å². The van der Waals surface area contributed by atoms with E-state index >= 15 is 0 Å². The molecule has 3 nitrogen and oxygen atoms in total. The molecule has 0 amide bonds. The summed E-state index contributed by atoms with van der Waals surface area (Å²) in [6.45, 7) is 3.05. The lowest BCUT2D eigenvalue weighted by Crippen LogP contribution is -2.41. The summed E-state index contributed by atoms with van der Waals surface area (Å²) in [7, 11) is 2.06. The molecule has 1 saturated carbocycles. The van der Waals surface area contributed by atoms with E-state index in [1.54, 1.807) is 0 Å². The molecule has 1 aromatic rings. The van der Waals surface area contributed by atoms with E-state index in [2.05, 4.69) is 36.4 Å². The van der Waals surface area contributed by atoms with Crippen LogP contribution in [0.5, 0.6) is 0 Å². The van der Waals surface area contributed by atoms with Gasteiger partial charge in [-0.1, -0.05) is 12.8 Å². The van der Waals surface area contributed by atoms with E-state index in [9.17, 15) is 0 Å². The van der Waals surface area contributed by atoms with Crippen LogP contribution in [0.4, 0.5) is 0 Å². The number of nitrogens with one attached hydrogen (secondary N) is 1. The fraction of sp³-hybridized carbons (Fsp3) is 0.706. The molecule has 1 N–H and O–H groups in total. The molecule has 2 heterocycles. The average molecular weight is 274 g/mol. The number of rotatable bonds is 3. The summed E-state index contributed by atoms with van der Waals surface area (Å²) in [6.07, 6.45) is 9.43. The van der Waals surface area contributed by atoms with Crippen LogP contribution in [-0.4, -0.2) is 24.2 Å². The molecule has 2 unspecified atom stereocenters. The van der Waals surface area contributed by atoms with Crippen LogP contribution < -0.4 is 5.32 Å². The summed E-state index contributed by atoms with van der Waals surface area (Å²) >= 11 is 0. The summed E-state index contributed by atoms with van der Waals surface area (Å²) in [5, 5.41) is 3.50. The number of ether oxygens (including phenoxy) is 1. The van der Waals surface area contributed by atoms with Crippen molar-refractivity contribution < 1.29 is 4.74 Å². The van der Waals surface area contributed by atoms with Crippen molar-refractivity contribution in [3.8, 4) is 0 Å². The van der Waals surface area contributed by atoms with Gasteiger partial charge < -0.3 is 10.1 Å². The molecule has 1 aromatic heterocycles. The molecule has 1 spiro atoms. The minimum atomic E-state index is 0.182. The summed E-state index contributed by atoms with van der Waals surface area (Å²) in [4.78, 5) is 4.60. The predicted octanol–water partition coefficient (Wildman–Crippen LogP) is 3.39. The van der Waals surface area contributed by atoms with Crippen molar-refractivity contribution in [1.29, 1.82) is 0 Å². The molecule has 2 fully saturated rings. The molecule has 0 radical (unpaired) electrons. The third-order valence-corrected chi connectivity index (χ3v) is 5.08. The molecule has 3 heteroatoms. The van der Waals surface area contributed by atoms with E-state index in [-0.39, 0.29) is 5.60 Å². The molecular weight excluding hydrogens is 248 g/mol. The molecule has 3 rings (SSSR count). The maximum Gasteiger partial charge on any atom is 0.0686 e. The number of hydrogen-bond acceptors (Lipinski definition) is 3. The van der Waals surface area contributed by atoms with Gasteiger partial charge in [-0.15, -0.1) is 0 Å². The number of hydrogen-bond donors (Lipinski definition) is 1. The van der Waals surface area contributed by atoms with Crippen molar-refractivity contribution >= 4 is 0 Å². The molecule has 0 bridgehead atoms. The van der Waals surface area contributed by atoms with Gasteiger partial charge in [0.15, 0.2) is 0 Å². The van der Waals surface area contributed by atoms with Crippen LogP contribution in [0.2, 0.25) is 0 Å². The topological polar surface area (TPSA) is 34.2 Å². The third kappa shape index (κ3) is 2.75. The van der Waals surface area contributed by atoms with Crippen molar-refractivity contribution in [3.63, 3.8) is 0 Å². The highest BCUT2D eigenvalue weighted by Crippen LogP contribution is 2.45. The Morgan fingerprint density at radius 2 is 2.20 bits per heavy atom. The quantitative estimate of drug-likeness (QED) is 0.917. The maximum absolute atomic E-state index is 6.16. The van der Waals surface area contributed by atoms with Gasteiger partial charge in [0.2, 0.25) is 0 Å². The second-order valence-electron chi connectivity index (χ2n) is 6.52. The van der Waals surface area contributed by atoms with Gasteiger partial charge in [0.25, 0.3) is 0 Å². The van der Waals surface area contributed by atoms with E-state index in [0.29, 0.717) is 12.0 Å². The van der Waals surface area contributed by atoms with Crippen LogP contribution in [0.25, 0.3) is 0 Å². The largest absolute Gasteiger partial charge is 0.375 e. The predicted molar refractivity (Wildman–Crippen MR) is 80.6 cm³/mol. The SMILES string of the molecule is CNC(c1cc(C)ccn1)C1CCOC2(CCCC2)C1. The fourth-order valence-corrected chi connectivity index (χ4v) is 4.07. The fourth-order valence-electron chi connectivity index (χ4n) is 4.07. The van der Waals surface area contributed by atoms with Gasteiger partial charge in [-0.2, -0.15) is 0 Å². The third-order valence-electron chi connectivity index (χ3n) is 5.08. The molecular formula is C17H26N2O. The van der Waals surface area contributed by atoms with Crippen LogP contribution >= 0.6 is 0 Å². The van der Waals surface area contributed by atoms with Crippen molar-refractivity contribution in [1.82, 2.24) is 10.3 Å². The summed E-state index contributed by atoms with van der Waals surface area (Å²) in [5.74, 6) is 0.640. The van der Waals surface area contributed by atoms with E-state index in [1.165, 1.54) is 43.4 Å². The Kier molecular flexibility index (Phi) is 4.08. The number of nitrogens with zero attached hydrogens (tertiary/aromatic N) is 1. The highest BCUT2D eigenvalue weighted by atomic mass is 16.5. The Hall–Kier alpha value is -0.930. The molecule has 20 heavy (non-hydrogen) atoms. The Balaban J connectivity index is 1.78. The molecule has 1 aliphatic carbocycles. The Morgan fingerprint density at radius 3 is 2.90 bits per heavy atom. The van der Waals surface area contributed by atoms with Crippen molar-refractivity contribution in [3.05, 3.63) is 29.6 Å². The minimum absolute atomic E-state index is 0.182. The molecule has 110 valence electrons. The maximum atomic E-state index is 6.16. The molecule has 2 aliphatic rings. The normalized spacial score (nSPS) is 26.8. The second-order valence-corrected chi connectivity index (χ2v) is 6.52. The molecule has 2 atom stereocenters. The van der Waals surface area contributed by atoms with Gasteiger partial charge in [0.1, 0.15) is 0 Å². The zero-order valence-electron chi connectivity index (χ0n) is 12.7. The van der Waals surface area contributed by atoms with Crippen molar-refractivity contribution in [2.24, 2.45) is 5.92 Å². The van der Waals surface area contributed by atoms with Crippen LogP contribution in [0, 0.1) is 12.8 Å². The first-order valence-corrected chi connectivity index (χ1v) is 7.96. The lowest BCUT2D eigenvalue weighted by molar-refractivity contribution is -0.0980. The number of aromatic nitrogens is 1. The Morgan fingerprint density at radius 1 is 1.40 bits per heavy atom. The summed E-state index contributed by atoms with van der Waals surface area (Å²) in [5.41, 5.74) is 2.66. The lowest BCUT2D eigenvalue weighted by atomic mass is 9.79. The van der Waals surface area contributed by atoms with E-state index in [0.717, 1.165) is 13.0 Å².